The first kappa shape index (κ1) is 12.8. The second-order valence-corrected chi connectivity index (χ2v) is 4.36. The van der Waals surface area contributed by atoms with Crippen LogP contribution >= 0.6 is 0 Å². The van der Waals surface area contributed by atoms with Gasteiger partial charge in [0.25, 0.3) is 0 Å². The summed E-state index contributed by atoms with van der Waals surface area (Å²) in [4.78, 5) is 0. The Labute approximate surface area is 107 Å². The van der Waals surface area contributed by atoms with Crippen molar-refractivity contribution in [1.82, 2.24) is 15.1 Å². The van der Waals surface area contributed by atoms with Crippen molar-refractivity contribution < 1.29 is 4.39 Å². The first-order valence-corrected chi connectivity index (χ1v) is 6.20. The molecule has 0 bridgehead atoms. The molecule has 0 amide bonds. The Bertz CT molecular complexity index is 520. The fraction of sp³-hybridized carbons (Fsp3) is 0.357. The molecule has 0 aliphatic carbocycles. The third-order valence-electron chi connectivity index (χ3n) is 2.80. The zero-order chi connectivity index (χ0) is 13.0. The largest absolute Gasteiger partial charge is 0.313 e. The van der Waals surface area contributed by atoms with E-state index in [1.807, 2.05) is 25.4 Å². The number of hydrogen-bond donors (Lipinski definition) is 1. The topological polar surface area (TPSA) is 29.9 Å². The maximum Gasteiger partial charge on any atom is 0.127 e. The summed E-state index contributed by atoms with van der Waals surface area (Å²) in [6.07, 6.45) is 2.93. The molecular weight excluding hydrogens is 229 g/mol. The summed E-state index contributed by atoms with van der Waals surface area (Å²) in [7, 11) is 1.87. The molecule has 0 atom stereocenters. The van der Waals surface area contributed by atoms with Crippen molar-refractivity contribution >= 4 is 0 Å². The van der Waals surface area contributed by atoms with Crippen molar-refractivity contribution in [3.8, 4) is 11.3 Å². The van der Waals surface area contributed by atoms with E-state index in [1.54, 1.807) is 10.7 Å². The van der Waals surface area contributed by atoms with Crippen LogP contribution in [0, 0.1) is 5.82 Å². The Morgan fingerprint density at radius 2 is 2.17 bits per heavy atom. The molecule has 18 heavy (non-hydrogen) atoms. The summed E-state index contributed by atoms with van der Waals surface area (Å²) >= 11 is 0. The molecule has 1 heterocycles. The zero-order valence-corrected chi connectivity index (χ0v) is 10.8. The van der Waals surface area contributed by atoms with Gasteiger partial charge in [-0.1, -0.05) is 6.92 Å². The number of nitrogens with one attached hydrogen (secondary N) is 1. The van der Waals surface area contributed by atoms with E-state index in [0.29, 0.717) is 12.1 Å². The van der Waals surface area contributed by atoms with E-state index in [4.69, 9.17) is 0 Å². The van der Waals surface area contributed by atoms with E-state index < -0.39 is 0 Å². The molecule has 1 N–H and O–H groups in total. The average molecular weight is 247 g/mol. The van der Waals surface area contributed by atoms with Gasteiger partial charge in [-0.25, -0.2) is 4.39 Å². The van der Waals surface area contributed by atoms with Gasteiger partial charge >= 0.3 is 0 Å². The Hall–Kier alpha value is -1.68. The fourth-order valence-electron chi connectivity index (χ4n) is 1.84. The zero-order valence-electron chi connectivity index (χ0n) is 10.8. The molecule has 2 aromatic rings. The molecule has 0 spiro atoms. The highest BCUT2D eigenvalue weighted by atomic mass is 19.1. The van der Waals surface area contributed by atoms with Crippen molar-refractivity contribution in [2.45, 2.75) is 19.9 Å². The third kappa shape index (κ3) is 2.96. The Balaban J connectivity index is 2.20. The van der Waals surface area contributed by atoms with Crippen LogP contribution in [0.2, 0.25) is 0 Å². The molecule has 3 nitrogen and oxygen atoms in total. The van der Waals surface area contributed by atoms with Crippen LogP contribution in [-0.2, 0) is 13.6 Å². The second kappa shape index (κ2) is 5.78. The molecule has 2 rings (SSSR count). The molecule has 0 fully saturated rings. The maximum absolute atomic E-state index is 13.7. The minimum Gasteiger partial charge on any atom is -0.313 e. The number of rotatable bonds is 5. The lowest BCUT2D eigenvalue weighted by atomic mass is 10.1. The van der Waals surface area contributed by atoms with Crippen molar-refractivity contribution in [3.63, 3.8) is 0 Å². The van der Waals surface area contributed by atoms with Gasteiger partial charge in [-0.2, -0.15) is 5.10 Å². The van der Waals surface area contributed by atoms with E-state index in [0.717, 1.165) is 24.2 Å². The van der Waals surface area contributed by atoms with Gasteiger partial charge in [0.1, 0.15) is 5.82 Å². The molecule has 1 aromatic heterocycles. The van der Waals surface area contributed by atoms with E-state index in [-0.39, 0.29) is 5.82 Å². The number of aryl methyl sites for hydroxylation is 1. The lowest BCUT2D eigenvalue weighted by molar-refractivity contribution is 0.586. The van der Waals surface area contributed by atoms with Crippen molar-refractivity contribution in [3.05, 3.63) is 41.8 Å². The molecule has 4 heteroatoms. The van der Waals surface area contributed by atoms with Crippen LogP contribution in [0.3, 0.4) is 0 Å². The van der Waals surface area contributed by atoms with Gasteiger partial charge in [-0.05, 0) is 37.2 Å². The van der Waals surface area contributed by atoms with Gasteiger partial charge in [0, 0.05) is 30.9 Å². The van der Waals surface area contributed by atoms with Crippen LogP contribution in [-0.4, -0.2) is 16.3 Å². The third-order valence-corrected chi connectivity index (χ3v) is 2.80. The molecule has 0 saturated carbocycles. The Morgan fingerprint density at radius 1 is 1.33 bits per heavy atom. The molecule has 0 aliphatic heterocycles. The summed E-state index contributed by atoms with van der Waals surface area (Å²) in [5.74, 6) is -0.168. The number of benzene rings is 1. The van der Waals surface area contributed by atoms with Crippen LogP contribution < -0.4 is 5.32 Å². The number of aromatic nitrogens is 2. The van der Waals surface area contributed by atoms with E-state index in [1.165, 1.54) is 6.07 Å². The summed E-state index contributed by atoms with van der Waals surface area (Å²) < 4.78 is 15.4. The van der Waals surface area contributed by atoms with Crippen LogP contribution in [0.4, 0.5) is 4.39 Å². The van der Waals surface area contributed by atoms with E-state index in [2.05, 4.69) is 17.3 Å². The fourth-order valence-corrected chi connectivity index (χ4v) is 1.84. The van der Waals surface area contributed by atoms with Crippen LogP contribution in [0.15, 0.2) is 30.5 Å². The van der Waals surface area contributed by atoms with Gasteiger partial charge in [0.05, 0.1) is 5.69 Å². The molecule has 0 radical (unpaired) electrons. The first-order chi connectivity index (χ1) is 8.70. The predicted octanol–water partition coefficient (Wildman–Crippen LogP) is 2.73. The Kier molecular flexibility index (Phi) is 4.10. The van der Waals surface area contributed by atoms with Gasteiger partial charge < -0.3 is 5.32 Å². The normalized spacial score (nSPS) is 10.8. The van der Waals surface area contributed by atoms with Crippen molar-refractivity contribution in [1.29, 1.82) is 0 Å². The summed E-state index contributed by atoms with van der Waals surface area (Å²) in [6, 6.07) is 7.06. The Morgan fingerprint density at radius 3 is 2.83 bits per heavy atom. The molecule has 0 unspecified atom stereocenters. The smallest absolute Gasteiger partial charge is 0.127 e. The van der Waals surface area contributed by atoms with Crippen molar-refractivity contribution in [2.75, 3.05) is 6.54 Å². The standard InChI is InChI=1S/C14H18FN3/c1-3-7-16-10-12-9-11(4-5-13(12)15)14-6-8-18(2)17-14/h4-6,8-9,16H,3,7,10H2,1-2H3. The number of hydrogen-bond acceptors (Lipinski definition) is 2. The van der Waals surface area contributed by atoms with Crippen LogP contribution in [0.25, 0.3) is 11.3 Å². The summed E-state index contributed by atoms with van der Waals surface area (Å²) in [5.41, 5.74) is 2.51. The molecular formula is C14H18FN3. The van der Waals surface area contributed by atoms with Crippen LogP contribution in [0.5, 0.6) is 0 Å². The average Bonchev–Trinajstić information content (AvgIpc) is 2.78. The maximum atomic E-state index is 13.7. The monoisotopic (exact) mass is 247 g/mol. The predicted molar refractivity (Wildman–Crippen MR) is 70.6 cm³/mol. The van der Waals surface area contributed by atoms with Crippen LogP contribution in [0.1, 0.15) is 18.9 Å². The van der Waals surface area contributed by atoms with Gasteiger partial charge in [0.2, 0.25) is 0 Å². The first-order valence-electron chi connectivity index (χ1n) is 6.20. The van der Waals surface area contributed by atoms with Crippen molar-refractivity contribution in [2.24, 2.45) is 7.05 Å². The highest BCUT2D eigenvalue weighted by Gasteiger charge is 2.06. The van der Waals surface area contributed by atoms with E-state index in [9.17, 15) is 4.39 Å². The second-order valence-electron chi connectivity index (χ2n) is 4.36. The van der Waals surface area contributed by atoms with Gasteiger partial charge in [0.15, 0.2) is 0 Å². The molecule has 0 aliphatic rings. The molecule has 0 saturated heterocycles. The minimum atomic E-state index is -0.168. The van der Waals surface area contributed by atoms with Gasteiger partial charge in [-0.3, -0.25) is 4.68 Å². The SMILES string of the molecule is CCCNCc1cc(-c2ccn(C)n2)ccc1F. The van der Waals surface area contributed by atoms with Gasteiger partial charge in [-0.15, -0.1) is 0 Å². The minimum absolute atomic E-state index is 0.168. The highest BCUT2D eigenvalue weighted by molar-refractivity contribution is 5.59. The number of halogens is 1. The number of nitrogens with zero attached hydrogens (tertiary/aromatic N) is 2. The molecule has 1 aromatic carbocycles. The summed E-state index contributed by atoms with van der Waals surface area (Å²) in [6.45, 7) is 3.54. The summed E-state index contributed by atoms with van der Waals surface area (Å²) in [5, 5.41) is 7.53. The lowest BCUT2D eigenvalue weighted by Gasteiger charge is -2.06. The molecule has 96 valence electrons. The quantitative estimate of drug-likeness (QED) is 0.823. The lowest BCUT2D eigenvalue weighted by Crippen LogP contribution is -2.14. The van der Waals surface area contributed by atoms with E-state index >= 15 is 0 Å². The highest BCUT2D eigenvalue weighted by Crippen LogP contribution is 2.20.